The molecule has 0 heterocycles. The highest BCUT2D eigenvalue weighted by Crippen LogP contribution is 2.29. The zero-order chi connectivity index (χ0) is 15.2. The minimum atomic E-state index is -0.755. The second-order valence-corrected chi connectivity index (χ2v) is 4.65. The maximum atomic E-state index is 13.5. The van der Waals surface area contributed by atoms with Crippen LogP contribution in [0.1, 0.15) is 6.42 Å². The first-order valence-electron chi connectivity index (χ1n) is 6.22. The Morgan fingerprint density at radius 2 is 2.00 bits per heavy atom. The molecule has 4 nitrogen and oxygen atoms in total. The summed E-state index contributed by atoms with van der Waals surface area (Å²) < 4.78 is 18.9. The Bertz CT molecular complexity index is 634. The van der Waals surface area contributed by atoms with Crippen LogP contribution in [0.15, 0.2) is 42.5 Å². The minimum Gasteiger partial charge on any atom is -0.506 e. The smallest absolute Gasteiger partial charge is 0.227 e. The van der Waals surface area contributed by atoms with Crippen LogP contribution >= 0.6 is 11.6 Å². The molecular weight excluding hydrogens is 297 g/mol. The molecule has 0 atom stereocenters. The van der Waals surface area contributed by atoms with Crippen LogP contribution in [0.25, 0.3) is 0 Å². The van der Waals surface area contributed by atoms with E-state index < -0.39 is 11.7 Å². The molecule has 0 aliphatic heterocycles. The lowest BCUT2D eigenvalue weighted by Crippen LogP contribution is -2.16. The molecule has 0 spiro atoms. The summed E-state index contributed by atoms with van der Waals surface area (Å²) in [7, 11) is 0. The summed E-state index contributed by atoms with van der Waals surface area (Å²) in [4.78, 5) is 11.7. The first kappa shape index (κ1) is 15.1. The van der Waals surface area contributed by atoms with Crippen molar-refractivity contribution < 1.29 is 19.0 Å². The molecule has 2 aromatic carbocycles. The van der Waals surface area contributed by atoms with E-state index in [4.69, 9.17) is 16.3 Å². The van der Waals surface area contributed by atoms with Crippen molar-refractivity contribution in [1.29, 1.82) is 0 Å². The molecule has 2 rings (SSSR count). The van der Waals surface area contributed by atoms with E-state index in [9.17, 15) is 14.3 Å². The molecule has 6 heteroatoms. The van der Waals surface area contributed by atoms with E-state index in [1.54, 1.807) is 12.1 Å². The monoisotopic (exact) mass is 309 g/mol. The lowest BCUT2D eigenvalue weighted by atomic mass is 10.2. The molecule has 2 N–H and O–H groups in total. The number of benzene rings is 2. The highest BCUT2D eigenvalue weighted by Gasteiger charge is 2.11. The Morgan fingerprint density at radius 3 is 2.71 bits per heavy atom. The molecule has 1 amide bonds. The number of hydrogen-bond donors (Lipinski definition) is 2. The number of carbonyl (C=O) groups is 1. The second kappa shape index (κ2) is 6.95. The van der Waals surface area contributed by atoms with Gasteiger partial charge in [-0.05, 0) is 18.2 Å². The normalized spacial score (nSPS) is 10.2. The standard InChI is InChI=1S/C15H13ClFNO3/c16-11-8-13(12(17)9-14(11)19)18-15(20)6-7-21-10-4-2-1-3-5-10/h1-5,8-9,19H,6-7H2,(H,18,20). The van der Waals surface area contributed by atoms with Gasteiger partial charge >= 0.3 is 0 Å². The Balaban J connectivity index is 1.86. The van der Waals surface area contributed by atoms with Crippen molar-refractivity contribution >= 4 is 23.2 Å². The number of halogens is 2. The third-order valence-electron chi connectivity index (χ3n) is 2.65. The molecule has 0 aromatic heterocycles. The second-order valence-electron chi connectivity index (χ2n) is 4.24. The fourth-order valence-corrected chi connectivity index (χ4v) is 1.79. The minimum absolute atomic E-state index is 0.0350. The molecule has 0 fully saturated rings. The lowest BCUT2D eigenvalue weighted by Gasteiger charge is -2.09. The summed E-state index contributed by atoms with van der Waals surface area (Å²) in [5.41, 5.74) is -0.0810. The van der Waals surface area contributed by atoms with Gasteiger partial charge in [0.15, 0.2) is 0 Å². The molecule has 21 heavy (non-hydrogen) atoms. The molecule has 0 aliphatic carbocycles. The van der Waals surface area contributed by atoms with Crippen LogP contribution in [-0.2, 0) is 4.79 Å². The van der Waals surface area contributed by atoms with E-state index in [-0.39, 0.29) is 29.5 Å². The summed E-state index contributed by atoms with van der Waals surface area (Å²) in [6.07, 6.45) is 0.0623. The van der Waals surface area contributed by atoms with Gasteiger partial charge in [-0.3, -0.25) is 4.79 Å². The quantitative estimate of drug-likeness (QED) is 0.830. The topological polar surface area (TPSA) is 58.6 Å². The fourth-order valence-electron chi connectivity index (χ4n) is 1.62. The highest BCUT2D eigenvalue weighted by atomic mass is 35.5. The first-order chi connectivity index (χ1) is 10.1. The summed E-state index contributed by atoms with van der Waals surface area (Å²) >= 11 is 5.66. The first-order valence-corrected chi connectivity index (χ1v) is 6.60. The summed E-state index contributed by atoms with van der Waals surface area (Å²) in [5.74, 6) is -0.885. The van der Waals surface area contributed by atoms with Crippen LogP contribution < -0.4 is 10.1 Å². The van der Waals surface area contributed by atoms with Crippen LogP contribution in [0.5, 0.6) is 11.5 Å². The van der Waals surface area contributed by atoms with Crippen LogP contribution in [0, 0.1) is 5.82 Å². The van der Waals surface area contributed by atoms with Crippen molar-refractivity contribution in [3.63, 3.8) is 0 Å². The van der Waals surface area contributed by atoms with Crippen molar-refractivity contribution in [2.24, 2.45) is 0 Å². The maximum Gasteiger partial charge on any atom is 0.227 e. The van der Waals surface area contributed by atoms with E-state index in [1.165, 1.54) is 0 Å². The zero-order valence-electron chi connectivity index (χ0n) is 11.0. The van der Waals surface area contributed by atoms with Gasteiger partial charge in [0.2, 0.25) is 5.91 Å². The van der Waals surface area contributed by atoms with E-state index in [1.807, 2.05) is 18.2 Å². The molecule has 110 valence electrons. The SMILES string of the molecule is O=C(CCOc1ccccc1)Nc1cc(Cl)c(O)cc1F. The molecular formula is C15H13ClFNO3. The molecule has 2 aromatic rings. The van der Waals surface area contributed by atoms with Crippen LogP contribution in [0.4, 0.5) is 10.1 Å². The summed E-state index contributed by atoms with van der Waals surface area (Å²) in [5, 5.41) is 11.6. The lowest BCUT2D eigenvalue weighted by molar-refractivity contribution is -0.116. The largest absolute Gasteiger partial charge is 0.506 e. The number of amides is 1. The van der Waals surface area contributed by atoms with Crippen LogP contribution in [0.3, 0.4) is 0 Å². The third kappa shape index (κ3) is 4.36. The number of phenols is 1. The van der Waals surface area contributed by atoms with Crippen LogP contribution in [-0.4, -0.2) is 17.6 Å². The van der Waals surface area contributed by atoms with Gasteiger partial charge in [0, 0.05) is 6.07 Å². The third-order valence-corrected chi connectivity index (χ3v) is 2.95. The number of ether oxygens (including phenoxy) is 1. The molecule has 0 radical (unpaired) electrons. The van der Waals surface area contributed by atoms with Gasteiger partial charge in [-0.15, -0.1) is 0 Å². The maximum absolute atomic E-state index is 13.5. The number of carbonyl (C=O) groups excluding carboxylic acids is 1. The van der Waals surface area contributed by atoms with Crippen molar-refractivity contribution in [1.82, 2.24) is 0 Å². The van der Waals surface area contributed by atoms with Crippen LogP contribution in [0.2, 0.25) is 5.02 Å². The Labute approximate surface area is 126 Å². The molecule has 0 bridgehead atoms. The Hall–Kier alpha value is -2.27. The average molecular weight is 310 g/mol. The average Bonchev–Trinajstić information content (AvgIpc) is 2.46. The number of aromatic hydroxyl groups is 1. The van der Waals surface area contributed by atoms with E-state index in [0.29, 0.717) is 5.75 Å². The van der Waals surface area contributed by atoms with Crippen molar-refractivity contribution in [2.45, 2.75) is 6.42 Å². The van der Waals surface area contributed by atoms with Gasteiger partial charge in [0.25, 0.3) is 0 Å². The number of hydrogen-bond acceptors (Lipinski definition) is 3. The van der Waals surface area contributed by atoms with Gasteiger partial charge in [-0.2, -0.15) is 0 Å². The van der Waals surface area contributed by atoms with Gasteiger partial charge in [-0.1, -0.05) is 29.8 Å². The number of phenolic OH excluding ortho intramolecular Hbond substituents is 1. The predicted octanol–water partition coefficient (Wildman–Crippen LogP) is 3.59. The Kier molecular flexibility index (Phi) is 5.00. The molecule has 0 saturated heterocycles. The highest BCUT2D eigenvalue weighted by molar-refractivity contribution is 6.32. The molecule has 0 aliphatic rings. The number of anilines is 1. The van der Waals surface area contributed by atoms with E-state index >= 15 is 0 Å². The zero-order valence-corrected chi connectivity index (χ0v) is 11.7. The van der Waals surface area contributed by atoms with Gasteiger partial charge in [-0.25, -0.2) is 4.39 Å². The summed E-state index contributed by atoms with van der Waals surface area (Å²) in [6.45, 7) is 0.170. The van der Waals surface area contributed by atoms with Crippen molar-refractivity contribution in [2.75, 3.05) is 11.9 Å². The molecule has 0 unspecified atom stereocenters. The summed E-state index contributed by atoms with van der Waals surface area (Å²) in [6, 6.07) is 11.1. The number of rotatable bonds is 5. The van der Waals surface area contributed by atoms with Gasteiger partial charge in [0.05, 0.1) is 23.7 Å². The van der Waals surface area contributed by atoms with E-state index in [0.717, 1.165) is 12.1 Å². The van der Waals surface area contributed by atoms with Crippen molar-refractivity contribution in [3.8, 4) is 11.5 Å². The molecule has 0 saturated carbocycles. The van der Waals surface area contributed by atoms with Gasteiger partial charge < -0.3 is 15.2 Å². The fraction of sp³-hybridized carbons (Fsp3) is 0.133. The van der Waals surface area contributed by atoms with E-state index in [2.05, 4.69) is 5.32 Å². The van der Waals surface area contributed by atoms with Gasteiger partial charge in [0.1, 0.15) is 17.3 Å². The number of para-hydroxylation sites is 1. The number of nitrogens with one attached hydrogen (secondary N) is 1. The Morgan fingerprint density at radius 1 is 1.29 bits per heavy atom. The van der Waals surface area contributed by atoms with Crippen molar-refractivity contribution in [3.05, 3.63) is 53.3 Å². The predicted molar refractivity (Wildman–Crippen MR) is 78.3 cm³/mol.